The summed E-state index contributed by atoms with van der Waals surface area (Å²) in [4.78, 5) is 4.49. The largest absolute Gasteiger partial charge is 0.339 e. The van der Waals surface area contributed by atoms with E-state index >= 15 is 0 Å². The number of aromatic nitrogens is 2. The third-order valence-electron chi connectivity index (χ3n) is 3.13. The standard InChI is InChI=1S/C13H15N3O/c1-9-3-2-4-10(7-9)12-15-13(17-16-12)11-5-6-14-8-11/h2-4,7,11,14H,5-6,8H2,1H3. The quantitative estimate of drug-likeness (QED) is 0.857. The molecule has 17 heavy (non-hydrogen) atoms. The summed E-state index contributed by atoms with van der Waals surface area (Å²) in [5.41, 5.74) is 2.22. The van der Waals surface area contributed by atoms with E-state index < -0.39 is 0 Å². The zero-order valence-corrected chi connectivity index (χ0v) is 9.81. The van der Waals surface area contributed by atoms with Crippen LogP contribution in [0.4, 0.5) is 0 Å². The van der Waals surface area contributed by atoms with Crippen molar-refractivity contribution in [3.63, 3.8) is 0 Å². The summed E-state index contributed by atoms with van der Waals surface area (Å²) in [5, 5.41) is 7.36. The minimum atomic E-state index is 0.376. The van der Waals surface area contributed by atoms with E-state index in [1.54, 1.807) is 0 Å². The zero-order chi connectivity index (χ0) is 11.7. The van der Waals surface area contributed by atoms with E-state index in [-0.39, 0.29) is 0 Å². The zero-order valence-electron chi connectivity index (χ0n) is 9.81. The van der Waals surface area contributed by atoms with Gasteiger partial charge in [-0.3, -0.25) is 0 Å². The first-order chi connectivity index (χ1) is 8.33. The van der Waals surface area contributed by atoms with Gasteiger partial charge in [0.25, 0.3) is 0 Å². The van der Waals surface area contributed by atoms with Gasteiger partial charge in [0.2, 0.25) is 11.7 Å². The Hall–Kier alpha value is -1.68. The van der Waals surface area contributed by atoms with Crippen molar-refractivity contribution < 1.29 is 4.52 Å². The first-order valence-corrected chi connectivity index (χ1v) is 5.94. The Labute approximate surface area is 100 Å². The van der Waals surface area contributed by atoms with E-state index in [4.69, 9.17) is 4.52 Å². The highest BCUT2D eigenvalue weighted by atomic mass is 16.5. The smallest absolute Gasteiger partial charge is 0.231 e. The number of aryl methyl sites for hydroxylation is 1. The highest BCUT2D eigenvalue weighted by molar-refractivity contribution is 5.55. The van der Waals surface area contributed by atoms with Crippen molar-refractivity contribution >= 4 is 0 Å². The molecule has 0 radical (unpaired) electrons. The minimum absolute atomic E-state index is 0.376. The molecule has 1 fully saturated rings. The van der Waals surface area contributed by atoms with E-state index in [9.17, 15) is 0 Å². The second kappa shape index (κ2) is 4.30. The fraction of sp³-hybridized carbons (Fsp3) is 0.385. The molecular formula is C13H15N3O. The van der Waals surface area contributed by atoms with Crippen LogP contribution in [-0.4, -0.2) is 23.2 Å². The fourth-order valence-electron chi connectivity index (χ4n) is 2.17. The molecule has 1 atom stereocenters. The van der Waals surface area contributed by atoms with Gasteiger partial charge in [-0.1, -0.05) is 28.9 Å². The maximum Gasteiger partial charge on any atom is 0.231 e. The predicted octanol–water partition coefficient (Wildman–Crippen LogP) is 2.12. The molecule has 0 aliphatic carbocycles. The van der Waals surface area contributed by atoms with Crippen LogP contribution < -0.4 is 5.32 Å². The molecule has 1 N–H and O–H groups in total. The number of hydrogen-bond donors (Lipinski definition) is 1. The topological polar surface area (TPSA) is 51.0 Å². The molecule has 3 rings (SSSR count). The lowest BCUT2D eigenvalue weighted by Crippen LogP contribution is -2.08. The maximum atomic E-state index is 5.34. The number of benzene rings is 1. The van der Waals surface area contributed by atoms with Crippen LogP contribution >= 0.6 is 0 Å². The molecule has 1 aliphatic rings. The lowest BCUT2D eigenvalue weighted by Gasteiger charge is -1.98. The summed E-state index contributed by atoms with van der Waals surface area (Å²) in [7, 11) is 0. The second-order valence-electron chi connectivity index (χ2n) is 4.52. The Morgan fingerprint density at radius 1 is 1.41 bits per heavy atom. The molecule has 2 aromatic rings. The molecule has 1 aliphatic heterocycles. The third kappa shape index (κ3) is 2.08. The van der Waals surface area contributed by atoms with Crippen LogP contribution in [0.5, 0.6) is 0 Å². The average Bonchev–Trinajstić information content (AvgIpc) is 3.00. The van der Waals surface area contributed by atoms with Gasteiger partial charge in [-0.15, -0.1) is 0 Å². The molecule has 0 spiro atoms. The van der Waals surface area contributed by atoms with Crippen LogP contribution in [0.25, 0.3) is 11.4 Å². The second-order valence-corrected chi connectivity index (χ2v) is 4.52. The molecule has 1 unspecified atom stereocenters. The van der Waals surface area contributed by atoms with Gasteiger partial charge in [0, 0.05) is 12.1 Å². The van der Waals surface area contributed by atoms with Gasteiger partial charge < -0.3 is 9.84 Å². The van der Waals surface area contributed by atoms with E-state index in [2.05, 4.69) is 34.5 Å². The lowest BCUT2D eigenvalue weighted by atomic mass is 10.1. The van der Waals surface area contributed by atoms with E-state index in [0.717, 1.165) is 31.0 Å². The van der Waals surface area contributed by atoms with E-state index in [1.807, 2.05) is 12.1 Å². The number of rotatable bonds is 2. The van der Waals surface area contributed by atoms with Crippen LogP contribution in [0.3, 0.4) is 0 Å². The van der Waals surface area contributed by atoms with Gasteiger partial charge in [-0.05, 0) is 26.0 Å². The van der Waals surface area contributed by atoms with Crippen molar-refractivity contribution in [2.45, 2.75) is 19.3 Å². The van der Waals surface area contributed by atoms with E-state index in [0.29, 0.717) is 11.7 Å². The Morgan fingerprint density at radius 3 is 3.12 bits per heavy atom. The van der Waals surface area contributed by atoms with Gasteiger partial charge >= 0.3 is 0 Å². The summed E-state index contributed by atoms with van der Waals surface area (Å²) < 4.78 is 5.34. The van der Waals surface area contributed by atoms with Crippen LogP contribution in [0.15, 0.2) is 28.8 Å². The van der Waals surface area contributed by atoms with Gasteiger partial charge in [0.1, 0.15) is 0 Å². The summed E-state index contributed by atoms with van der Waals surface area (Å²) in [6.07, 6.45) is 1.08. The summed E-state index contributed by atoms with van der Waals surface area (Å²) >= 11 is 0. The molecule has 0 bridgehead atoms. The number of nitrogens with one attached hydrogen (secondary N) is 1. The Balaban J connectivity index is 1.89. The average molecular weight is 229 g/mol. The Bertz CT molecular complexity index is 515. The van der Waals surface area contributed by atoms with Crippen molar-refractivity contribution in [2.24, 2.45) is 0 Å². The fourth-order valence-corrected chi connectivity index (χ4v) is 2.17. The van der Waals surface area contributed by atoms with Gasteiger partial charge in [-0.25, -0.2) is 0 Å². The molecule has 4 nitrogen and oxygen atoms in total. The first kappa shape index (κ1) is 10.5. The van der Waals surface area contributed by atoms with Crippen molar-refractivity contribution in [3.8, 4) is 11.4 Å². The molecular weight excluding hydrogens is 214 g/mol. The third-order valence-corrected chi connectivity index (χ3v) is 3.13. The number of nitrogens with zero attached hydrogens (tertiary/aromatic N) is 2. The lowest BCUT2D eigenvalue weighted by molar-refractivity contribution is 0.359. The van der Waals surface area contributed by atoms with Crippen LogP contribution in [0.2, 0.25) is 0 Å². The van der Waals surface area contributed by atoms with Crippen LogP contribution in [-0.2, 0) is 0 Å². The molecule has 1 saturated heterocycles. The van der Waals surface area contributed by atoms with Gasteiger partial charge in [-0.2, -0.15) is 4.98 Å². The maximum absolute atomic E-state index is 5.34. The van der Waals surface area contributed by atoms with Crippen LogP contribution in [0, 0.1) is 6.92 Å². The van der Waals surface area contributed by atoms with Crippen molar-refractivity contribution in [1.29, 1.82) is 0 Å². The molecule has 0 saturated carbocycles. The highest BCUT2D eigenvalue weighted by Crippen LogP contribution is 2.24. The monoisotopic (exact) mass is 229 g/mol. The summed E-state index contributed by atoms with van der Waals surface area (Å²) in [6, 6.07) is 8.15. The predicted molar refractivity (Wildman–Crippen MR) is 64.7 cm³/mol. The molecule has 0 amide bonds. The SMILES string of the molecule is Cc1cccc(-c2noc(C3CCNC3)n2)c1. The normalized spacial score (nSPS) is 19.7. The Kier molecular flexibility index (Phi) is 2.65. The number of hydrogen-bond acceptors (Lipinski definition) is 4. The van der Waals surface area contributed by atoms with Gasteiger partial charge in [0.05, 0.1) is 5.92 Å². The van der Waals surface area contributed by atoms with E-state index in [1.165, 1.54) is 5.56 Å². The van der Waals surface area contributed by atoms with Crippen molar-refractivity contribution in [2.75, 3.05) is 13.1 Å². The van der Waals surface area contributed by atoms with Crippen LogP contribution in [0.1, 0.15) is 23.8 Å². The summed E-state index contributed by atoms with van der Waals surface area (Å²) in [6.45, 7) is 4.04. The minimum Gasteiger partial charge on any atom is -0.339 e. The van der Waals surface area contributed by atoms with Gasteiger partial charge in [0.15, 0.2) is 0 Å². The first-order valence-electron chi connectivity index (χ1n) is 5.94. The van der Waals surface area contributed by atoms with Crippen molar-refractivity contribution in [3.05, 3.63) is 35.7 Å². The molecule has 1 aromatic heterocycles. The summed E-state index contributed by atoms with van der Waals surface area (Å²) in [5.74, 6) is 1.82. The molecule has 4 heteroatoms. The van der Waals surface area contributed by atoms with Crippen molar-refractivity contribution in [1.82, 2.24) is 15.5 Å². The molecule has 2 heterocycles. The molecule has 88 valence electrons. The Morgan fingerprint density at radius 2 is 2.35 bits per heavy atom. The molecule has 1 aromatic carbocycles. The highest BCUT2D eigenvalue weighted by Gasteiger charge is 2.22.